The van der Waals surface area contributed by atoms with Crippen LogP contribution in [0, 0.1) is 5.92 Å². The van der Waals surface area contributed by atoms with Crippen molar-refractivity contribution in [1.29, 1.82) is 0 Å². The van der Waals surface area contributed by atoms with Crippen LogP contribution >= 0.6 is 0 Å². The summed E-state index contributed by atoms with van der Waals surface area (Å²) >= 11 is 0. The molecule has 0 bridgehead atoms. The third-order valence-corrected chi connectivity index (χ3v) is 8.12. The first-order valence-electron chi connectivity index (χ1n) is 10.9. The number of carbonyl (C=O) groups excluding carboxylic acids is 1. The number of hydrogen-bond acceptors (Lipinski definition) is 4. The number of nitrogens with zero attached hydrogens (tertiary/aromatic N) is 1. The minimum Gasteiger partial charge on any atom is -0.508 e. The summed E-state index contributed by atoms with van der Waals surface area (Å²) in [5.74, 6) is -0.205. The van der Waals surface area contributed by atoms with Crippen LogP contribution in [0.25, 0.3) is 10.8 Å². The number of phenolic OH excluding ortho intramolecular Hbond substituents is 1. The third kappa shape index (κ3) is 4.49. The molecule has 3 aromatic carbocycles. The number of rotatable bonds is 6. The number of phenols is 1. The molecule has 7 heteroatoms. The first-order valence-corrected chi connectivity index (χ1v) is 12.6. The summed E-state index contributed by atoms with van der Waals surface area (Å²) < 4.78 is 25.8. The van der Waals surface area contributed by atoms with E-state index in [1.54, 1.807) is 13.0 Å². The van der Waals surface area contributed by atoms with E-state index >= 15 is 0 Å². The van der Waals surface area contributed by atoms with E-state index in [4.69, 9.17) is 0 Å². The van der Waals surface area contributed by atoms with Gasteiger partial charge in [-0.2, -0.15) is 0 Å². The number of amides is 1. The van der Waals surface area contributed by atoms with Gasteiger partial charge in [-0.3, -0.25) is 4.79 Å². The molecular formula is C25H28N2O4S. The van der Waals surface area contributed by atoms with E-state index in [0.29, 0.717) is 31.5 Å². The molecule has 1 amide bonds. The molecule has 1 fully saturated rings. The highest BCUT2D eigenvalue weighted by molar-refractivity contribution is 7.89. The zero-order valence-corrected chi connectivity index (χ0v) is 18.9. The van der Waals surface area contributed by atoms with E-state index in [1.807, 2.05) is 60.7 Å². The highest BCUT2D eigenvalue weighted by Gasteiger charge is 2.32. The number of nitrogens with one attached hydrogen (secondary N) is 1. The number of sulfonamides is 1. The zero-order chi connectivity index (χ0) is 22.7. The maximum atomic E-state index is 13.3. The highest BCUT2D eigenvalue weighted by Crippen LogP contribution is 2.36. The second-order valence-corrected chi connectivity index (χ2v) is 10.4. The molecule has 0 aromatic heterocycles. The molecule has 6 nitrogen and oxygen atoms in total. The summed E-state index contributed by atoms with van der Waals surface area (Å²) in [6, 6.07) is 20.4. The Kier molecular flexibility index (Phi) is 6.48. The molecule has 0 aliphatic carbocycles. The lowest BCUT2D eigenvalue weighted by Crippen LogP contribution is -2.44. The molecule has 1 heterocycles. The Morgan fingerprint density at radius 3 is 2.38 bits per heavy atom. The normalized spacial score (nSPS) is 16.7. The molecule has 168 valence electrons. The van der Waals surface area contributed by atoms with Crippen LogP contribution in [0.4, 0.5) is 0 Å². The first-order chi connectivity index (χ1) is 15.4. The number of hydrogen-bond donors (Lipinski definition) is 2. The Bertz CT molecular complexity index is 1200. The minimum absolute atomic E-state index is 0.0697. The Hall–Kier alpha value is -2.90. The molecule has 1 aliphatic heterocycles. The number of benzene rings is 3. The average molecular weight is 453 g/mol. The van der Waals surface area contributed by atoms with Crippen molar-refractivity contribution in [2.75, 3.05) is 18.8 Å². The van der Waals surface area contributed by atoms with Crippen LogP contribution in [-0.2, 0) is 14.8 Å². The summed E-state index contributed by atoms with van der Waals surface area (Å²) in [7, 11) is -3.24. The van der Waals surface area contributed by atoms with E-state index in [1.165, 1.54) is 4.31 Å². The van der Waals surface area contributed by atoms with Crippen LogP contribution in [-0.4, -0.2) is 42.6 Å². The number of piperidine rings is 1. The average Bonchev–Trinajstić information content (AvgIpc) is 2.83. The molecule has 3 aromatic rings. The van der Waals surface area contributed by atoms with Gasteiger partial charge in [-0.05, 0) is 42.2 Å². The topological polar surface area (TPSA) is 86.7 Å². The molecule has 1 aliphatic rings. The number of fused-ring (bicyclic) bond motifs is 1. The predicted octanol–water partition coefficient (Wildman–Crippen LogP) is 3.81. The van der Waals surface area contributed by atoms with Crippen molar-refractivity contribution in [3.05, 3.63) is 77.9 Å². The van der Waals surface area contributed by atoms with Crippen molar-refractivity contribution >= 4 is 26.7 Å². The third-order valence-electron chi connectivity index (χ3n) is 6.24. The van der Waals surface area contributed by atoms with Crippen LogP contribution in [0.15, 0.2) is 66.7 Å². The summed E-state index contributed by atoms with van der Waals surface area (Å²) in [5.41, 5.74) is 1.53. The van der Waals surface area contributed by atoms with E-state index < -0.39 is 16.1 Å². The van der Waals surface area contributed by atoms with Crippen molar-refractivity contribution < 1.29 is 18.3 Å². The van der Waals surface area contributed by atoms with Crippen LogP contribution in [0.5, 0.6) is 5.75 Å². The zero-order valence-electron chi connectivity index (χ0n) is 18.1. The highest BCUT2D eigenvalue weighted by atomic mass is 32.2. The fourth-order valence-electron chi connectivity index (χ4n) is 4.39. The van der Waals surface area contributed by atoms with E-state index in [2.05, 4.69) is 5.32 Å². The maximum absolute atomic E-state index is 13.3. The first kappa shape index (κ1) is 22.3. The molecule has 1 saturated heterocycles. The van der Waals surface area contributed by atoms with Crippen molar-refractivity contribution in [2.24, 2.45) is 5.92 Å². The smallest absolute Gasteiger partial charge is 0.223 e. The monoisotopic (exact) mass is 452 g/mol. The van der Waals surface area contributed by atoms with E-state index in [9.17, 15) is 18.3 Å². The van der Waals surface area contributed by atoms with Gasteiger partial charge in [0.1, 0.15) is 5.75 Å². The lowest BCUT2D eigenvalue weighted by atomic mass is 9.91. The Morgan fingerprint density at radius 1 is 1.03 bits per heavy atom. The summed E-state index contributed by atoms with van der Waals surface area (Å²) in [6.07, 6.45) is 0.961. The lowest BCUT2D eigenvalue weighted by Gasteiger charge is -2.31. The molecule has 0 radical (unpaired) electrons. The van der Waals surface area contributed by atoms with Gasteiger partial charge >= 0.3 is 0 Å². The fourth-order valence-corrected chi connectivity index (χ4v) is 5.53. The lowest BCUT2D eigenvalue weighted by molar-refractivity contribution is -0.126. The van der Waals surface area contributed by atoms with E-state index in [-0.39, 0.29) is 23.3 Å². The Balaban J connectivity index is 1.63. The van der Waals surface area contributed by atoms with Crippen molar-refractivity contribution in [2.45, 2.75) is 25.8 Å². The largest absolute Gasteiger partial charge is 0.508 e. The predicted molar refractivity (Wildman–Crippen MR) is 126 cm³/mol. The molecule has 32 heavy (non-hydrogen) atoms. The molecule has 0 saturated carbocycles. The van der Waals surface area contributed by atoms with Crippen molar-refractivity contribution in [1.82, 2.24) is 9.62 Å². The minimum atomic E-state index is -3.24. The number of aromatic hydroxyl groups is 1. The summed E-state index contributed by atoms with van der Waals surface area (Å²) in [6.45, 7) is 2.34. The van der Waals surface area contributed by atoms with Gasteiger partial charge in [0.15, 0.2) is 0 Å². The molecule has 1 unspecified atom stereocenters. The summed E-state index contributed by atoms with van der Waals surface area (Å²) in [4.78, 5) is 13.3. The van der Waals surface area contributed by atoms with Crippen LogP contribution in [0.1, 0.15) is 36.9 Å². The van der Waals surface area contributed by atoms with Crippen molar-refractivity contribution in [3.63, 3.8) is 0 Å². The second-order valence-electron chi connectivity index (χ2n) is 8.15. The van der Waals surface area contributed by atoms with Crippen LogP contribution in [0.2, 0.25) is 0 Å². The van der Waals surface area contributed by atoms with Crippen molar-refractivity contribution in [3.8, 4) is 5.75 Å². The van der Waals surface area contributed by atoms with Gasteiger partial charge in [-0.25, -0.2) is 12.7 Å². The summed E-state index contributed by atoms with van der Waals surface area (Å²) in [5, 5.41) is 15.8. The quantitative estimate of drug-likeness (QED) is 0.595. The Labute approximate surface area is 188 Å². The maximum Gasteiger partial charge on any atom is 0.223 e. The fraction of sp³-hybridized carbons (Fsp3) is 0.320. The van der Waals surface area contributed by atoms with Gasteiger partial charge < -0.3 is 10.4 Å². The SMILES string of the molecule is CCS(=O)(=O)N1CCC(C(=O)NC(c2ccccc2)c2c(O)ccc3ccccc23)CC1. The van der Waals surface area contributed by atoms with Gasteiger partial charge in [0.2, 0.25) is 15.9 Å². The molecule has 4 rings (SSSR count). The Morgan fingerprint density at radius 2 is 1.69 bits per heavy atom. The van der Waals surface area contributed by atoms with Gasteiger partial charge in [-0.15, -0.1) is 0 Å². The second kappa shape index (κ2) is 9.30. The van der Waals surface area contributed by atoms with Gasteiger partial charge in [0, 0.05) is 24.6 Å². The van der Waals surface area contributed by atoms with Gasteiger partial charge in [0.25, 0.3) is 0 Å². The standard InChI is InChI=1S/C25H28N2O4S/c1-2-32(30,31)27-16-14-20(15-17-27)25(29)26-24(19-9-4-3-5-10-19)23-21-11-7-6-8-18(21)12-13-22(23)28/h3-13,20,24,28H,2,14-17H2,1H3,(H,26,29). The number of carbonyl (C=O) groups is 1. The van der Waals surface area contributed by atoms with E-state index in [0.717, 1.165) is 16.3 Å². The van der Waals surface area contributed by atoms with Gasteiger partial charge in [-0.1, -0.05) is 60.7 Å². The van der Waals surface area contributed by atoms with Gasteiger partial charge in [0.05, 0.1) is 11.8 Å². The molecule has 1 atom stereocenters. The molecular weight excluding hydrogens is 424 g/mol. The van der Waals surface area contributed by atoms with Crippen LogP contribution < -0.4 is 5.32 Å². The molecule has 2 N–H and O–H groups in total. The van der Waals surface area contributed by atoms with Crippen LogP contribution in [0.3, 0.4) is 0 Å². The molecule has 0 spiro atoms.